The van der Waals surface area contributed by atoms with E-state index in [2.05, 4.69) is 10.5 Å². The second kappa shape index (κ2) is 7.67. The lowest BCUT2D eigenvalue weighted by atomic mass is 10.1. The van der Waals surface area contributed by atoms with Crippen molar-refractivity contribution in [3.05, 3.63) is 46.7 Å². The Morgan fingerprint density at radius 3 is 2.71 bits per heavy atom. The van der Waals surface area contributed by atoms with Gasteiger partial charge in [0.1, 0.15) is 12.3 Å². The summed E-state index contributed by atoms with van der Waals surface area (Å²) in [5.41, 5.74) is 0.981. The molecule has 0 aliphatic carbocycles. The fourth-order valence-electron chi connectivity index (χ4n) is 2.06. The zero-order valence-corrected chi connectivity index (χ0v) is 14.9. The Morgan fingerprint density at radius 1 is 1.38 bits per heavy atom. The normalized spacial score (nSPS) is 11.3. The number of hydrogen-bond acceptors (Lipinski definition) is 5. The van der Waals surface area contributed by atoms with Crippen LogP contribution in [-0.4, -0.2) is 38.8 Å². The Bertz CT molecular complexity index is 820. The van der Waals surface area contributed by atoms with Crippen LogP contribution in [0.1, 0.15) is 11.3 Å². The van der Waals surface area contributed by atoms with Crippen molar-refractivity contribution in [3.8, 4) is 0 Å². The lowest BCUT2D eigenvalue weighted by Crippen LogP contribution is -2.41. The number of hydrogen-bond donors (Lipinski definition) is 1. The quantitative estimate of drug-likeness (QED) is 0.800. The van der Waals surface area contributed by atoms with Gasteiger partial charge in [-0.25, -0.2) is 12.7 Å². The molecule has 0 fully saturated rings. The zero-order valence-electron chi connectivity index (χ0n) is 13.3. The summed E-state index contributed by atoms with van der Waals surface area (Å²) in [7, 11) is -3.65. The first-order valence-corrected chi connectivity index (χ1v) is 9.40. The van der Waals surface area contributed by atoms with Gasteiger partial charge < -0.3 is 9.84 Å². The second-order valence-electron chi connectivity index (χ2n) is 5.30. The van der Waals surface area contributed by atoms with Crippen LogP contribution in [0.4, 0.5) is 5.82 Å². The predicted molar refractivity (Wildman–Crippen MR) is 91.6 cm³/mol. The predicted octanol–water partition coefficient (Wildman–Crippen LogP) is 1.76. The van der Waals surface area contributed by atoms with Crippen molar-refractivity contribution in [2.45, 2.75) is 13.3 Å². The fourth-order valence-corrected chi connectivity index (χ4v) is 3.05. The molecule has 2 rings (SSSR count). The molecule has 1 amide bonds. The molecule has 1 heterocycles. The van der Waals surface area contributed by atoms with Gasteiger partial charge in [0, 0.05) is 17.6 Å². The number of benzene rings is 1. The maximum atomic E-state index is 12.0. The molecule has 0 bridgehead atoms. The molecule has 130 valence electrons. The lowest BCUT2D eigenvalue weighted by molar-refractivity contribution is -0.119. The number of anilines is 1. The van der Waals surface area contributed by atoms with E-state index in [1.54, 1.807) is 13.0 Å². The highest BCUT2D eigenvalue weighted by Gasteiger charge is 2.23. The minimum atomic E-state index is -3.65. The van der Waals surface area contributed by atoms with Crippen molar-refractivity contribution in [2.75, 3.05) is 23.7 Å². The number of halogens is 1. The van der Waals surface area contributed by atoms with Crippen LogP contribution in [0.2, 0.25) is 5.02 Å². The molecule has 0 aliphatic heterocycles. The molecule has 1 aromatic heterocycles. The van der Waals surface area contributed by atoms with Gasteiger partial charge in [-0.1, -0.05) is 28.9 Å². The zero-order chi connectivity index (χ0) is 17.7. The molecule has 0 aliphatic rings. The van der Waals surface area contributed by atoms with E-state index in [0.717, 1.165) is 16.1 Å². The van der Waals surface area contributed by atoms with E-state index < -0.39 is 15.9 Å². The third-order valence-electron chi connectivity index (χ3n) is 3.18. The highest BCUT2D eigenvalue weighted by Crippen LogP contribution is 2.16. The van der Waals surface area contributed by atoms with E-state index in [0.29, 0.717) is 23.7 Å². The third-order valence-corrected chi connectivity index (χ3v) is 4.54. The van der Waals surface area contributed by atoms with E-state index in [4.69, 9.17) is 16.1 Å². The fraction of sp³-hybridized carbons (Fsp3) is 0.333. The first-order chi connectivity index (χ1) is 11.3. The number of nitrogens with zero attached hydrogens (tertiary/aromatic N) is 2. The first kappa shape index (κ1) is 18.3. The maximum Gasteiger partial charge on any atom is 0.240 e. The molecule has 1 aromatic carbocycles. The third kappa shape index (κ3) is 5.24. The summed E-state index contributed by atoms with van der Waals surface area (Å²) in [6, 6.07) is 8.78. The van der Waals surface area contributed by atoms with Crippen LogP contribution in [-0.2, 0) is 21.2 Å². The van der Waals surface area contributed by atoms with Gasteiger partial charge in [0.15, 0.2) is 5.82 Å². The number of carbonyl (C=O) groups is 1. The Balaban J connectivity index is 1.93. The van der Waals surface area contributed by atoms with Gasteiger partial charge in [0.2, 0.25) is 15.9 Å². The smallest absolute Gasteiger partial charge is 0.240 e. The monoisotopic (exact) mass is 371 g/mol. The number of aryl methyl sites for hydroxylation is 1. The van der Waals surface area contributed by atoms with Crippen molar-refractivity contribution < 1.29 is 17.7 Å². The van der Waals surface area contributed by atoms with Crippen LogP contribution in [0.5, 0.6) is 0 Å². The maximum absolute atomic E-state index is 12.0. The van der Waals surface area contributed by atoms with E-state index >= 15 is 0 Å². The largest absolute Gasteiger partial charge is 0.360 e. The summed E-state index contributed by atoms with van der Waals surface area (Å²) in [4.78, 5) is 12.0. The van der Waals surface area contributed by atoms with Crippen LogP contribution >= 0.6 is 11.6 Å². The van der Waals surface area contributed by atoms with Crippen molar-refractivity contribution >= 4 is 33.3 Å². The van der Waals surface area contributed by atoms with Crippen LogP contribution < -0.4 is 9.62 Å². The number of aromatic nitrogens is 1. The van der Waals surface area contributed by atoms with E-state index in [1.807, 2.05) is 18.2 Å². The molecule has 1 N–H and O–H groups in total. The number of carbonyl (C=O) groups excluding carboxylic acids is 1. The molecule has 0 atom stereocenters. The summed E-state index contributed by atoms with van der Waals surface area (Å²) in [6.45, 7) is 1.65. The van der Waals surface area contributed by atoms with Crippen molar-refractivity contribution in [1.29, 1.82) is 0 Å². The topological polar surface area (TPSA) is 92.5 Å². The van der Waals surface area contributed by atoms with Crippen LogP contribution in [0.25, 0.3) is 0 Å². The van der Waals surface area contributed by atoms with Gasteiger partial charge >= 0.3 is 0 Å². The van der Waals surface area contributed by atoms with Gasteiger partial charge in [-0.05, 0) is 31.0 Å². The van der Waals surface area contributed by atoms with Crippen molar-refractivity contribution in [1.82, 2.24) is 10.5 Å². The highest BCUT2D eigenvalue weighted by atomic mass is 35.5. The first-order valence-electron chi connectivity index (χ1n) is 7.18. The minimum Gasteiger partial charge on any atom is -0.360 e. The van der Waals surface area contributed by atoms with E-state index in [9.17, 15) is 13.2 Å². The molecular weight excluding hydrogens is 354 g/mol. The molecule has 0 unspecified atom stereocenters. The van der Waals surface area contributed by atoms with Crippen LogP contribution in [0.15, 0.2) is 34.9 Å². The van der Waals surface area contributed by atoms with Gasteiger partial charge in [0.25, 0.3) is 0 Å². The SMILES string of the molecule is Cc1cc(N(CC(=O)NCCc2cccc(Cl)c2)S(C)(=O)=O)no1. The standard InChI is InChI=1S/C15H18ClN3O4S/c1-11-8-14(18-23-11)19(24(2,21)22)10-15(20)17-7-6-12-4-3-5-13(16)9-12/h3-5,8-9H,6-7,10H2,1-2H3,(H,17,20). The summed E-state index contributed by atoms with van der Waals surface area (Å²) in [6.07, 6.45) is 1.60. The second-order valence-corrected chi connectivity index (χ2v) is 7.64. The molecule has 7 nitrogen and oxygen atoms in total. The molecule has 0 spiro atoms. The van der Waals surface area contributed by atoms with Gasteiger partial charge in [-0.15, -0.1) is 0 Å². The highest BCUT2D eigenvalue weighted by molar-refractivity contribution is 7.92. The summed E-state index contributed by atoms with van der Waals surface area (Å²) in [5, 5.41) is 6.96. The van der Waals surface area contributed by atoms with Crippen LogP contribution in [0.3, 0.4) is 0 Å². The minimum absolute atomic E-state index is 0.0833. The number of nitrogens with one attached hydrogen (secondary N) is 1. The van der Waals surface area contributed by atoms with Gasteiger partial charge in [-0.2, -0.15) is 0 Å². The Kier molecular flexibility index (Phi) is 5.84. The number of sulfonamides is 1. The molecular formula is C15H18ClN3O4S. The number of rotatable bonds is 7. The molecule has 0 saturated heterocycles. The summed E-state index contributed by atoms with van der Waals surface area (Å²) < 4.78 is 29.5. The van der Waals surface area contributed by atoms with Gasteiger partial charge in [-0.3, -0.25) is 4.79 Å². The molecule has 0 radical (unpaired) electrons. The molecule has 9 heteroatoms. The average molecular weight is 372 g/mol. The van der Waals surface area contributed by atoms with E-state index in [-0.39, 0.29) is 12.4 Å². The van der Waals surface area contributed by atoms with Crippen LogP contribution in [0, 0.1) is 6.92 Å². The molecule has 24 heavy (non-hydrogen) atoms. The molecule has 2 aromatic rings. The van der Waals surface area contributed by atoms with Gasteiger partial charge in [0.05, 0.1) is 6.26 Å². The van der Waals surface area contributed by atoms with E-state index in [1.165, 1.54) is 6.07 Å². The lowest BCUT2D eigenvalue weighted by Gasteiger charge is -2.18. The number of amides is 1. The summed E-state index contributed by atoms with van der Waals surface area (Å²) in [5.74, 6) is 0.114. The Labute approximate surface area is 145 Å². The Hall–Kier alpha value is -2.06. The Morgan fingerprint density at radius 2 is 2.12 bits per heavy atom. The van der Waals surface area contributed by atoms with Crippen molar-refractivity contribution in [2.24, 2.45) is 0 Å². The van der Waals surface area contributed by atoms with Crippen molar-refractivity contribution in [3.63, 3.8) is 0 Å². The summed E-state index contributed by atoms with van der Waals surface area (Å²) >= 11 is 5.90. The molecule has 0 saturated carbocycles. The average Bonchev–Trinajstić information content (AvgIpc) is 2.90.